The Hall–Kier alpha value is -1.07. The van der Waals surface area contributed by atoms with Crippen LogP contribution in [-0.4, -0.2) is 14.5 Å². The van der Waals surface area contributed by atoms with E-state index in [4.69, 9.17) is 5.14 Å². The van der Waals surface area contributed by atoms with Crippen molar-refractivity contribution in [3.8, 4) is 0 Å². The molecular formula is C16H26N2O2S. The highest BCUT2D eigenvalue weighted by atomic mass is 32.2. The van der Waals surface area contributed by atoms with Crippen molar-refractivity contribution < 1.29 is 8.42 Å². The highest BCUT2D eigenvalue weighted by molar-refractivity contribution is 7.89. The highest BCUT2D eigenvalue weighted by Crippen LogP contribution is 2.42. The Balaban J connectivity index is 2.34. The van der Waals surface area contributed by atoms with Crippen LogP contribution in [0.2, 0.25) is 0 Å². The van der Waals surface area contributed by atoms with Crippen molar-refractivity contribution in [2.45, 2.75) is 58.4 Å². The van der Waals surface area contributed by atoms with Crippen LogP contribution in [0.4, 0.5) is 5.69 Å². The van der Waals surface area contributed by atoms with Gasteiger partial charge in [-0.25, -0.2) is 13.6 Å². The summed E-state index contributed by atoms with van der Waals surface area (Å²) in [6, 6.07) is 3.67. The first-order chi connectivity index (χ1) is 9.49. The summed E-state index contributed by atoms with van der Waals surface area (Å²) < 4.78 is 23.2. The number of nitrogens with two attached hydrogens (primary N) is 1. The number of rotatable bonds is 3. The standard InChI is InChI=1S/C16H26N2O2S/c1-10-6-13(21(17,19)20)7-14(12(10)3)18-15-9-16(4,5)8-11(15)2/h6-7,11,15,18H,8-9H2,1-5H3,(H2,17,19,20). The third kappa shape index (κ3) is 3.58. The normalized spacial score (nSPS) is 25.0. The van der Waals surface area contributed by atoms with Crippen molar-refractivity contribution in [1.29, 1.82) is 0 Å². The number of benzene rings is 1. The molecule has 2 atom stereocenters. The van der Waals surface area contributed by atoms with Crippen LogP contribution in [-0.2, 0) is 10.0 Å². The van der Waals surface area contributed by atoms with Gasteiger partial charge < -0.3 is 5.32 Å². The van der Waals surface area contributed by atoms with Crippen molar-refractivity contribution in [3.05, 3.63) is 23.3 Å². The molecule has 1 fully saturated rings. The maximum absolute atomic E-state index is 11.6. The summed E-state index contributed by atoms with van der Waals surface area (Å²) in [5, 5.41) is 8.82. The molecule has 5 heteroatoms. The minimum atomic E-state index is -3.67. The van der Waals surface area contributed by atoms with E-state index in [-0.39, 0.29) is 4.90 Å². The molecule has 1 aromatic rings. The van der Waals surface area contributed by atoms with Crippen LogP contribution in [0.1, 0.15) is 44.7 Å². The Bertz CT molecular complexity index is 650. The first-order valence-corrected chi connectivity index (χ1v) is 8.95. The SMILES string of the molecule is Cc1cc(S(N)(=O)=O)cc(NC2CC(C)(C)CC2C)c1C. The molecule has 0 heterocycles. The average molecular weight is 310 g/mol. The maximum atomic E-state index is 11.6. The first-order valence-electron chi connectivity index (χ1n) is 7.40. The summed E-state index contributed by atoms with van der Waals surface area (Å²) >= 11 is 0. The van der Waals surface area contributed by atoms with Gasteiger partial charge in [-0.1, -0.05) is 20.8 Å². The van der Waals surface area contributed by atoms with Crippen LogP contribution in [0.3, 0.4) is 0 Å². The Labute approximate surface area is 128 Å². The van der Waals surface area contributed by atoms with E-state index in [0.717, 1.165) is 23.2 Å². The lowest BCUT2D eigenvalue weighted by Crippen LogP contribution is -2.23. The Kier molecular flexibility index (Phi) is 4.10. The van der Waals surface area contributed by atoms with Crippen molar-refractivity contribution in [2.24, 2.45) is 16.5 Å². The van der Waals surface area contributed by atoms with E-state index in [1.54, 1.807) is 12.1 Å². The minimum Gasteiger partial charge on any atom is -0.382 e. The van der Waals surface area contributed by atoms with Gasteiger partial charge in [0.1, 0.15) is 0 Å². The van der Waals surface area contributed by atoms with Crippen molar-refractivity contribution in [1.82, 2.24) is 0 Å². The molecule has 0 amide bonds. The monoisotopic (exact) mass is 310 g/mol. The van der Waals surface area contributed by atoms with Crippen molar-refractivity contribution in [2.75, 3.05) is 5.32 Å². The zero-order valence-electron chi connectivity index (χ0n) is 13.5. The van der Waals surface area contributed by atoms with Crippen LogP contribution < -0.4 is 10.5 Å². The van der Waals surface area contributed by atoms with Crippen LogP contribution in [0.5, 0.6) is 0 Å². The molecule has 21 heavy (non-hydrogen) atoms. The summed E-state index contributed by atoms with van der Waals surface area (Å²) in [5.41, 5.74) is 3.24. The molecule has 1 aromatic carbocycles. The van der Waals surface area contributed by atoms with Crippen LogP contribution in [0.25, 0.3) is 0 Å². The zero-order chi connectivity index (χ0) is 16.0. The number of aryl methyl sites for hydroxylation is 1. The minimum absolute atomic E-state index is 0.179. The summed E-state index contributed by atoms with van der Waals surface area (Å²) in [5.74, 6) is 0.567. The number of hydrogen-bond acceptors (Lipinski definition) is 3. The smallest absolute Gasteiger partial charge is 0.238 e. The van der Waals surface area contributed by atoms with Crippen molar-refractivity contribution in [3.63, 3.8) is 0 Å². The lowest BCUT2D eigenvalue weighted by Gasteiger charge is -2.22. The van der Waals surface area contributed by atoms with Gasteiger partial charge in [0.05, 0.1) is 4.90 Å². The molecule has 0 saturated heterocycles. The average Bonchev–Trinajstić information content (AvgIpc) is 2.56. The summed E-state index contributed by atoms with van der Waals surface area (Å²) in [4.78, 5) is 0.179. The third-order valence-corrected chi connectivity index (χ3v) is 5.54. The molecule has 1 saturated carbocycles. The van der Waals surface area contributed by atoms with Crippen molar-refractivity contribution >= 4 is 15.7 Å². The lowest BCUT2D eigenvalue weighted by atomic mass is 9.91. The molecule has 0 aromatic heterocycles. The molecule has 0 bridgehead atoms. The Morgan fingerprint density at radius 1 is 1.24 bits per heavy atom. The molecule has 4 nitrogen and oxygen atoms in total. The Morgan fingerprint density at radius 2 is 1.86 bits per heavy atom. The molecule has 2 unspecified atom stereocenters. The lowest BCUT2D eigenvalue weighted by molar-refractivity contribution is 0.366. The summed E-state index contributed by atoms with van der Waals surface area (Å²) in [6.07, 6.45) is 2.27. The molecular weight excluding hydrogens is 284 g/mol. The van der Waals surface area contributed by atoms with Gasteiger partial charge >= 0.3 is 0 Å². The van der Waals surface area contributed by atoms with Gasteiger partial charge in [0.15, 0.2) is 0 Å². The quantitative estimate of drug-likeness (QED) is 0.900. The van der Waals surface area contributed by atoms with E-state index < -0.39 is 10.0 Å². The molecule has 3 N–H and O–H groups in total. The first kappa shape index (κ1) is 16.3. The van der Waals surface area contributed by atoms with E-state index in [0.29, 0.717) is 17.4 Å². The fourth-order valence-corrected chi connectivity index (χ4v) is 4.05. The predicted octanol–water partition coefficient (Wildman–Crippen LogP) is 3.19. The van der Waals surface area contributed by atoms with Crippen LogP contribution >= 0.6 is 0 Å². The fraction of sp³-hybridized carbons (Fsp3) is 0.625. The second kappa shape index (κ2) is 5.29. The molecule has 0 spiro atoms. The molecule has 0 aliphatic heterocycles. The second-order valence-corrected chi connectivity index (χ2v) is 8.82. The van der Waals surface area contributed by atoms with E-state index in [1.165, 1.54) is 6.42 Å². The zero-order valence-corrected chi connectivity index (χ0v) is 14.3. The molecule has 1 aliphatic carbocycles. The number of hydrogen-bond donors (Lipinski definition) is 2. The molecule has 118 valence electrons. The Morgan fingerprint density at radius 3 is 2.33 bits per heavy atom. The van der Waals surface area contributed by atoms with E-state index in [9.17, 15) is 8.42 Å². The number of anilines is 1. The van der Waals surface area contributed by atoms with Crippen LogP contribution in [0.15, 0.2) is 17.0 Å². The molecule has 0 radical (unpaired) electrons. The summed E-state index contributed by atoms with van der Waals surface area (Å²) in [7, 11) is -3.67. The van der Waals surface area contributed by atoms with E-state index in [1.807, 2.05) is 13.8 Å². The largest absolute Gasteiger partial charge is 0.382 e. The second-order valence-electron chi connectivity index (χ2n) is 7.26. The molecule has 1 aliphatic rings. The van der Waals surface area contributed by atoms with Crippen LogP contribution in [0, 0.1) is 25.2 Å². The van der Waals surface area contributed by atoms with Gasteiger partial charge in [-0.05, 0) is 61.3 Å². The topological polar surface area (TPSA) is 72.2 Å². The number of nitrogens with one attached hydrogen (secondary N) is 1. The number of sulfonamides is 1. The highest BCUT2D eigenvalue weighted by Gasteiger charge is 2.36. The van der Waals surface area contributed by atoms with Gasteiger partial charge in [0.2, 0.25) is 10.0 Å². The summed E-state index contributed by atoms with van der Waals surface area (Å²) in [6.45, 7) is 10.7. The maximum Gasteiger partial charge on any atom is 0.238 e. The molecule has 2 rings (SSSR count). The van der Waals surface area contributed by atoms with Gasteiger partial charge in [-0.3, -0.25) is 0 Å². The predicted molar refractivity (Wildman–Crippen MR) is 86.9 cm³/mol. The van der Waals surface area contributed by atoms with Gasteiger partial charge in [0, 0.05) is 11.7 Å². The van der Waals surface area contributed by atoms with Gasteiger partial charge in [-0.15, -0.1) is 0 Å². The fourth-order valence-electron chi connectivity index (χ4n) is 3.43. The third-order valence-electron chi connectivity index (χ3n) is 4.64. The van der Waals surface area contributed by atoms with Gasteiger partial charge in [0.25, 0.3) is 0 Å². The number of primary sulfonamides is 1. The van der Waals surface area contributed by atoms with Gasteiger partial charge in [-0.2, -0.15) is 0 Å². The van der Waals surface area contributed by atoms with E-state index >= 15 is 0 Å². The van der Waals surface area contributed by atoms with E-state index in [2.05, 4.69) is 26.1 Å².